The number of primary amides is 1. The molecule has 3 amide bonds. The van der Waals surface area contributed by atoms with E-state index in [0.29, 0.717) is 25.5 Å². The van der Waals surface area contributed by atoms with E-state index in [4.69, 9.17) is 10.5 Å². The standard InChI is InChI=1S/C20H19F4N3O5S/c1-31-17(29)19(20(22,23)24,32-11-8-6-10(21)7-9-11)27-18(30)26-16-14(15(25)28)12-4-2-3-5-13(12)33-16/h6-9H,2-5H2,1H3,(H2,25,28)(H2,26,27,30)/t19-/m1/s1. The van der Waals surface area contributed by atoms with Crippen LogP contribution in [0.25, 0.3) is 0 Å². The topological polar surface area (TPSA) is 120 Å². The highest BCUT2D eigenvalue weighted by Crippen LogP contribution is 2.38. The number of carbonyl (C=O) groups is 3. The Labute approximate surface area is 189 Å². The minimum atomic E-state index is -5.49. The SMILES string of the molecule is COC(=O)[C@@](NC(=O)Nc1sc2c(c1C(N)=O)CCCC2)(Oc1ccc(F)cc1)C(F)(F)F. The summed E-state index contributed by atoms with van der Waals surface area (Å²) >= 11 is 1.02. The van der Waals surface area contributed by atoms with Crippen LogP contribution in [0.15, 0.2) is 24.3 Å². The number of ether oxygens (including phenoxy) is 2. The number of esters is 1. The lowest BCUT2D eigenvalue weighted by Gasteiger charge is -2.33. The number of thiophene rings is 1. The third-order valence-electron chi connectivity index (χ3n) is 4.89. The van der Waals surface area contributed by atoms with Gasteiger partial charge < -0.3 is 15.2 Å². The third-order valence-corrected chi connectivity index (χ3v) is 6.10. The van der Waals surface area contributed by atoms with Crippen molar-refractivity contribution in [2.45, 2.75) is 37.6 Å². The van der Waals surface area contributed by atoms with Crippen LogP contribution in [0.3, 0.4) is 0 Å². The number of methoxy groups -OCH3 is 1. The molecule has 3 rings (SSSR count). The third kappa shape index (κ3) is 4.87. The fourth-order valence-corrected chi connectivity index (χ4v) is 4.68. The number of aryl methyl sites for hydroxylation is 1. The molecule has 0 bridgehead atoms. The van der Waals surface area contributed by atoms with E-state index < -0.39 is 41.4 Å². The minimum Gasteiger partial charge on any atom is -0.464 e. The second-order valence-electron chi connectivity index (χ2n) is 7.08. The molecule has 0 aliphatic heterocycles. The molecule has 0 unspecified atom stereocenters. The maximum absolute atomic E-state index is 14.1. The number of hydrogen-bond donors (Lipinski definition) is 3. The van der Waals surface area contributed by atoms with Crippen LogP contribution < -0.4 is 21.1 Å². The van der Waals surface area contributed by atoms with Gasteiger partial charge in [-0.3, -0.25) is 15.4 Å². The lowest BCUT2D eigenvalue weighted by Crippen LogP contribution is -2.68. The summed E-state index contributed by atoms with van der Waals surface area (Å²) in [5.41, 5.74) is 2.12. The summed E-state index contributed by atoms with van der Waals surface area (Å²) in [6, 6.07) is 1.81. The largest absolute Gasteiger partial charge is 0.464 e. The highest BCUT2D eigenvalue weighted by Gasteiger charge is 2.66. The Balaban J connectivity index is 1.95. The first kappa shape index (κ1) is 24.3. The molecule has 1 aliphatic rings. The van der Waals surface area contributed by atoms with Crippen LogP contribution in [0.1, 0.15) is 33.6 Å². The number of halogens is 4. The van der Waals surface area contributed by atoms with Crippen molar-refractivity contribution in [2.24, 2.45) is 5.73 Å². The summed E-state index contributed by atoms with van der Waals surface area (Å²) in [5, 5.41) is 3.59. The molecule has 4 N–H and O–H groups in total. The quantitative estimate of drug-likeness (QED) is 0.326. The molecule has 1 aromatic carbocycles. The Kier molecular flexibility index (Phi) is 6.81. The molecule has 1 heterocycles. The Morgan fingerprint density at radius 2 is 1.73 bits per heavy atom. The van der Waals surface area contributed by atoms with Gasteiger partial charge in [-0.25, -0.2) is 14.0 Å². The van der Waals surface area contributed by atoms with Gasteiger partial charge >= 0.3 is 23.9 Å². The number of urea groups is 1. The molecule has 0 radical (unpaired) electrons. The number of fused-ring (bicyclic) bond motifs is 1. The zero-order valence-electron chi connectivity index (χ0n) is 17.2. The molecule has 1 aliphatic carbocycles. The second kappa shape index (κ2) is 9.25. The number of anilines is 1. The minimum absolute atomic E-state index is 0.0139. The van der Waals surface area contributed by atoms with Gasteiger partial charge in [-0.05, 0) is 55.5 Å². The molecule has 0 saturated heterocycles. The smallest absolute Gasteiger partial charge is 0.460 e. The molecule has 0 saturated carbocycles. The number of nitrogens with two attached hydrogens (primary N) is 1. The first-order chi connectivity index (χ1) is 15.5. The van der Waals surface area contributed by atoms with Gasteiger partial charge in [0.1, 0.15) is 16.6 Å². The highest BCUT2D eigenvalue weighted by molar-refractivity contribution is 7.17. The maximum atomic E-state index is 14.1. The molecular weight excluding hydrogens is 470 g/mol. The highest BCUT2D eigenvalue weighted by atomic mass is 32.1. The van der Waals surface area contributed by atoms with Crippen LogP contribution in [-0.2, 0) is 22.4 Å². The lowest BCUT2D eigenvalue weighted by atomic mass is 9.95. The molecule has 0 spiro atoms. The van der Waals surface area contributed by atoms with Gasteiger partial charge in [0, 0.05) is 4.88 Å². The summed E-state index contributed by atoms with van der Waals surface area (Å²) in [6.45, 7) is 0. The van der Waals surface area contributed by atoms with Crippen LogP contribution in [-0.4, -0.2) is 36.9 Å². The first-order valence-corrected chi connectivity index (χ1v) is 10.4. The first-order valence-electron chi connectivity index (χ1n) is 9.61. The van der Waals surface area contributed by atoms with Crippen molar-refractivity contribution < 1.29 is 41.4 Å². The van der Waals surface area contributed by atoms with E-state index in [2.05, 4.69) is 10.1 Å². The van der Waals surface area contributed by atoms with Crippen LogP contribution >= 0.6 is 11.3 Å². The fraction of sp³-hybridized carbons (Fsp3) is 0.350. The van der Waals surface area contributed by atoms with Crippen LogP contribution in [0.2, 0.25) is 0 Å². The monoisotopic (exact) mass is 489 g/mol. The fourth-order valence-electron chi connectivity index (χ4n) is 3.39. The summed E-state index contributed by atoms with van der Waals surface area (Å²) in [7, 11) is 0.676. The van der Waals surface area contributed by atoms with Crippen molar-refractivity contribution >= 4 is 34.2 Å². The average molecular weight is 489 g/mol. The van der Waals surface area contributed by atoms with E-state index in [9.17, 15) is 31.9 Å². The number of amides is 3. The van der Waals surface area contributed by atoms with Crippen molar-refractivity contribution in [3.8, 4) is 5.75 Å². The average Bonchev–Trinajstić information content (AvgIpc) is 3.11. The molecule has 0 fully saturated rings. The van der Waals surface area contributed by atoms with Crippen molar-refractivity contribution in [1.29, 1.82) is 0 Å². The van der Waals surface area contributed by atoms with Gasteiger partial charge in [-0.1, -0.05) is 0 Å². The molecule has 2 aromatic rings. The number of nitrogens with one attached hydrogen (secondary N) is 2. The molecule has 1 aromatic heterocycles. The van der Waals surface area contributed by atoms with Gasteiger partial charge in [0.05, 0.1) is 12.7 Å². The molecule has 178 valence electrons. The zero-order chi connectivity index (χ0) is 24.4. The molecular formula is C20H19F4N3O5S. The van der Waals surface area contributed by atoms with Gasteiger partial charge in [0.2, 0.25) is 0 Å². The van der Waals surface area contributed by atoms with Crippen molar-refractivity contribution in [1.82, 2.24) is 5.32 Å². The van der Waals surface area contributed by atoms with E-state index >= 15 is 0 Å². The number of benzene rings is 1. The number of alkyl halides is 3. The Hall–Kier alpha value is -3.35. The summed E-state index contributed by atoms with van der Waals surface area (Å²) in [5.74, 6) is -4.15. The Morgan fingerprint density at radius 3 is 2.30 bits per heavy atom. The predicted octanol–water partition coefficient (Wildman–Crippen LogP) is 3.50. The van der Waals surface area contributed by atoms with Crippen LogP contribution in [0.5, 0.6) is 5.75 Å². The van der Waals surface area contributed by atoms with E-state index in [1.807, 2.05) is 0 Å². The molecule has 8 nitrogen and oxygen atoms in total. The van der Waals surface area contributed by atoms with Gasteiger partial charge in [-0.2, -0.15) is 13.2 Å². The zero-order valence-corrected chi connectivity index (χ0v) is 18.0. The molecule has 1 atom stereocenters. The van der Waals surface area contributed by atoms with Crippen LogP contribution in [0, 0.1) is 5.82 Å². The van der Waals surface area contributed by atoms with Crippen molar-refractivity contribution in [2.75, 3.05) is 12.4 Å². The van der Waals surface area contributed by atoms with E-state index in [1.165, 1.54) is 5.32 Å². The summed E-state index contributed by atoms with van der Waals surface area (Å²) in [6.07, 6.45) is -2.68. The number of carbonyl (C=O) groups excluding carboxylic acids is 3. The van der Waals surface area contributed by atoms with Crippen molar-refractivity contribution in [3.05, 3.63) is 46.1 Å². The maximum Gasteiger partial charge on any atom is 0.460 e. The number of hydrogen-bond acceptors (Lipinski definition) is 6. The van der Waals surface area contributed by atoms with Gasteiger partial charge in [0.25, 0.3) is 5.91 Å². The Morgan fingerprint density at radius 1 is 1.09 bits per heavy atom. The van der Waals surface area contributed by atoms with Crippen LogP contribution in [0.4, 0.5) is 27.4 Å². The Bertz CT molecular complexity index is 1070. The molecule has 13 heteroatoms. The normalized spacial score (nSPS) is 15.1. The van der Waals surface area contributed by atoms with Gasteiger partial charge in [0.15, 0.2) is 0 Å². The van der Waals surface area contributed by atoms with Crippen molar-refractivity contribution in [3.63, 3.8) is 0 Å². The summed E-state index contributed by atoms with van der Waals surface area (Å²) < 4.78 is 64.4. The molecule has 33 heavy (non-hydrogen) atoms. The summed E-state index contributed by atoms with van der Waals surface area (Å²) in [4.78, 5) is 37.6. The second-order valence-corrected chi connectivity index (χ2v) is 8.19. The number of rotatable bonds is 6. The van der Waals surface area contributed by atoms with E-state index in [1.54, 1.807) is 0 Å². The van der Waals surface area contributed by atoms with E-state index in [0.717, 1.165) is 53.3 Å². The predicted molar refractivity (Wildman–Crippen MR) is 109 cm³/mol. The van der Waals surface area contributed by atoms with Gasteiger partial charge in [-0.15, -0.1) is 11.3 Å². The van der Waals surface area contributed by atoms with E-state index in [-0.39, 0.29) is 10.6 Å². The lowest BCUT2D eigenvalue weighted by molar-refractivity contribution is -0.258.